The molecule has 1 aromatic heterocycles. The molecular weight excluding hydrogens is 525 g/mol. The molecular formula is C22H27ClIN7. The number of rotatable bonds is 5. The Hall–Kier alpha value is -2.33. The summed E-state index contributed by atoms with van der Waals surface area (Å²) in [6.07, 6.45) is 3.29. The van der Waals surface area contributed by atoms with Gasteiger partial charge in [0.2, 0.25) is 0 Å². The van der Waals surface area contributed by atoms with Crippen molar-refractivity contribution in [1.82, 2.24) is 25.0 Å². The van der Waals surface area contributed by atoms with Gasteiger partial charge >= 0.3 is 0 Å². The van der Waals surface area contributed by atoms with Crippen molar-refractivity contribution in [2.24, 2.45) is 4.99 Å². The largest absolute Gasteiger partial charge is 0.368 e. The summed E-state index contributed by atoms with van der Waals surface area (Å²) in [5.41, 5.74) is 3.59. The number of aromatic nitrogens is 3. The number of hydrogen-bond acceptors (Lipinski definition) is 4. The molecule has 0 saturated carbocycles. The van der Waals surface area contributed by atoms with Gasteiger partial charge in [0, 0.05) is 50.5 Å². The van der Waals surface area contributed by atoms with E-state index in [0.717, 1.165) is 43.7 Å². The maximum Gasteiger partial charge on any atom is 0.194 e. The van der Waals surface area contributed by atoms with Crippen LogP contribution in [-0.4, -0.2) is 58.9 Å². The molecule has 0 bridgehead atoms. The highest BCUT2D eigenvalue weighted by Gasteiger charge is 2.20. The summed E-state index contributed by atoms with van der Waals surface area (Å²) in [6.45, 7) is 5.15. The number of nitrogens with one attached hydrogen (secondary N) is 1. The Morgan fingerprint density at radius 2 is 1.84 bits per heavy atom. The van der Waals surface area contributed by atoms with Crippen LogP contribution in [0.15, 0.2) is 66.2 Å². The molecule has 0 unspecified atom stereocenters. The van der Waals surface area contributed by atoms with Crippen LogP contribution < -0.4 is 10.2 Å². The van der Waals surface area contributed by atoms with Crippen LogP contribution in [0.3, 0.4) is 0 Å². The zero-order valence-electron chi connectivity index (χ0n) is 17.5. The quantitative estimate of drug-likeness (QED) is 0.299. The van der Waals surface area contributed by atoms with Gasteiger partial charge in [0.05, 0.1) is 6.54 Å². The summed E-state index contributed by atoms with van der Waals surface area (Å²) < 4.78 is 1.82. The van der Waals surface area contributed by atoms with Crippen LogP contribution in [0.2, 0.25) is 5.02 Å². The summed E-state index contributed by atoms with van der Waals surface area (Å²) in [5, 5.41) is 8.46. The molecule has 1 N–H and O–H groups in total. The molecule has 0 aliphatic carbocycles. The maximum absolute atomic E-state index is 6.14. The molecule has 0 radical (unpaired) electrons. The van der Waals surface area contributed by atoms with Gasteiger partial charge in [-0.1, -0.05) is 41.9 Å². The first-order chi connectivity index (χ1) is 14.7. The van der Waals surface area contributed by atoms with E-state index in [1.807, 2.05) is 29.9 Å². The zero-order chi connectivity index (χ0) is 20.8. The Labute approximate surface area is 205 Å². The van der Waals surface area contributed by atoms with E-state index in [9.17, 15) is 0 Å². The predicted octanol–water partition coefficient (Wildman–Crippen LogP) is 3.50. The van der Waals surface area contributed by atoms with Crippen molar-refractivity contribution in [2.45, 2.75) is 13.1 Å². The zero-order valence-corrected chi connectivity index (χ0v) is 20.6. The second-order valence-electron chi connectivity index (χ2n) is 7.27. The first kappa shape index (κ1) is 23.3. The molecule has 1 aliphatic heterocycles. The number of nitrogens with zero attached hydrogens (tertiary/aromatic N) is 6. The number of guanidine groups is 1. The van der Waals surface area contributed by atoms with Gasteiger partial charge in [-0.2, -0.15) is 5.10 Å². The van der Waals surface area contributed by atoms with E-state index in [2.05, 4.69) is 60.5 Å². The SMILES string of the molecule is CN=C(NCc1cccc(Cn2cncn2)c1)N1CCN(c2cccc(Cl)c2)CC1.I. The summed E-state index contributed by atoms with van der Waals surface area (Å²) in [6, 6.07) is 16.6. The molecule has 1 fully saturated rings. The van der Waals surface area contributed by atoms with E-state index in [1.165, 1.54) is 16.8 Å². The number of hydrogen-bond donors (Lipinski definition) is 1. The maximum atomic E-state index is 6.14. The Morgan fingerprint density at radius 3 is 2.55 bits per heavy atom. The topological polar surface area (TPSA) is 61.6 Å². The first-order valence-electron chi connectivity index (χ1n) is 10.1. The molecule has 1 aliphatic rings. The lowest BCUT2D eigenvalue weighted by molar-refractivity contribution is 0.372. The second-order valence-corrected chi connectivity index (χ2v) is 7.70. The first-order valence-corrected chi connectivity index (χ1v) is 10.5. The van der Waals surface area contributed by atoms with Crippen LogP contribution in [-0.2, 0) is 13.1 Å². The summed E-state index contributed by atoms with van der Waals surface area (Å²) in [4.78, 5) is 13.2. The van der Waals surface area contributed by atoms with E-state index < -0.39 is 0 Å². The monoisotopic (exact) mass is 551 g/mol. The third kappa shape index (κ3) is 6.33. The minimum atomic E-state index is 0. The van der Waals surface area contributed by atoms with E-state index in [0.29, 0.717) is 6.54 Å². The Kier molecular flexibility index (Phi) is 8.53. The van der Waals surface area contributed by atoms with E-state index in [-0.39, 0.29) is 24.0 Å². The molecule has 0 spiro atoms. The molecule has 7 nitrogen and oxygen atoms in total. The van der Waals surface area contributed by atoms with Crippen LogP contribution in [0.5, 0.6) is 0 Å². The fourth-order valence-corrected chi connectivity index (χ4v) is 3.89. The molecule has 9 heteroatoms. The highest BCUT2D eigenvalue weighted by molar-refractivity contribution is 14.0. The van der Waals surface area contributed by atoms with E-state index >= 15 is 0 Å². The molecule has 1 saturated heterocycles. The van der Waals surface area contributed by atoms with E-state index in [1.54, 1.807) is 12.7 Å². The Balaban J connectivity index is 0.00000272. The average Bonchev–Trinajstić information content (AvgIpc) is 3.28. The van der Waals surface area contributed by atoms with Crippen LogP contribution in [0.1, 0.15) is 11.1 Å². The molecule has 2 aromatic carbocycles. The molecule has 4 rings (SSSR count). The lowest BCUT2D eigenvalue weighted by Crippen LogP contribution is -2.52. The fraction of sp³-hybridized carbons (Fsp3) is 0.318. The van der Waals surface area contributed by atoms with Gasteiger partial charge in [-0.05, 0) is 29.3 Å². The molecule has 31 heavy (non-hydrogen) atoms. The van der Waals surface area contributed by atoms with Crippen molar-refractivity contribution in [2.75, 3.05) is 38.1 Å². The number of aliphatic imine (C=N–C) groups is 1. The summed E-state index contributed by atoms with van der Waals surface area (Å²) >= 11 is 6.14. The molecule has 3 aromatic rings. The van der Waals surface area contributed by atoms with Gasteiger partial charge in [0.15, 0.2) is 5.96 Å². The Bertz CT molecular complexity index is 985. The average molecular weight is 552 g/mol. The minimum Gasteiger partial charge on any atom is -0.368 e. The standard InChI is InChI=1S/C22H26ClN7.HI/c1-24-22(29-10-8-28(9-11-29)21-7-3-6-20(23)13-21)26-14-18-4-2-5-19(12-18)15-30-17-25-16-27-30;/h2-7,12-13,16-17H,8-11,14-15H2,1H3,(H,24,26);1H. The van der Waals surface area contributed by atoms with Crippen LogP contribution in [0.25, 0.3) is 0 Å². The van der Waals surface area contributed by atoms with Crippen molar-refractivity contribution in [1.29, 1.82) is 0 Å². The number of piperazine rings is 1. The van der Waals surface area contributed by atoms with Crippen LogP contribution >= 0.6 is 35.6 Å². The Morgan fingerprint density at radius 1 is 1.06 bits per heavy atom. The van der Waals surface area contributed by atoms with Crippen molar-refractivity contribution in [3.63, 3.8) is 0 Å². The minimum absolute atomic E-state index is 0. The van der Waals surface area contributed by atoms with Crippen molar-refractivity contribution in [3.05, 3.63) is 77.3 Å². The molecule has 164 valence electrons. The van der Waals surface area contributed by atoms with Gasteiger partial charge in [0.25, 0.3) is 0 Å². The highest BCUT2D eigenvalue weighted by Crippen LogP contribution is 2.20. The molecule has 2 heterocycles. The van der Waals surface area contributed by atoms with Crippen LogP contribution in [0.4, 0.5) is 5.69 Å². The van der Waals surface area contributed by atoms with Gasteiger partial charge in [0.1, 0.15) is 12.7 Å². The van der Waals surface area contributed by atoms with Gasteiger partial charge in [-0.3, -0.25) is 4.99 Å². The third-order valence-electron chi connectivity index (χ3n) is 5.22. The number of benzene rings is 2. The van der Waals surface area contributed by atoms with Crippen molar-refractivity contribution >= 4 is 47.2 Å². The van der Waals surface area contributed by atoms with Crippen molar-refractivity contribution < 1.29 is 0 Å². The van der Waals surface area contributed by atoms with Gasteiger partial charge < -0.3 is 15.1 Å². The fourth-order valence-electron chi connectivity index (χ4n) is 3.70. The van der Waals surface area contributed by atoms with Crippen LogP contribution in [0, 0.1) is 0 Å². The third-order valence-corrected chi connectivity index (χ3v) is 5.45. The van der Waals surface area contributed by atoms with Gasteiger partial charge in [-0.25, -0.2) is 9.67 Å². The highest BCUT2D eigenvalue weighted by atomic mass is 127. The van der Waals surface area contributed by atoms with Crippen molar-refractivity contribution in [3.8, 4) is 0 Å². The predicted molar refractivity (Wildman–Crippen MR) is 136 cm³/mol. The molecule has 0 amide bonds. The summed E-state index contributed by atoms with van der Waals surface area (Å²) in [7, 11) is 1.84. The summed E-state index contributed by atoms with van der Waals surface area (Å²) in [5.74, 6) is 0.933. The normalized spacial score (nSPS) is 14.3. The van der Waals surface area contributed by atoms with E-state index in [4.69, 9.17) is 11.6 Å². The van der Waals surface area contributed by atoms with Gasteiger partial charge in [-0.15, -0.1) is 24.0 Å². The lowest BCUT2D eigenvalue weighted by atomic mass is 10.1. The second kappa shape index (κ2) is 11.3. The number of halogens is 2. The lowest BCUT2D eigenvalue weighted by Gasteiger charge is -2.37. The smallest absolute Gasteiger partial charge is 0.194 e. The molecule has 0 atom stereocenters. The number of anilines is 1.